The molecule has 82 valence electrons. The van der Waals surface area contributed by atoms with Crippen molar-refractivity contribution in [3.8, 4) is 0 Å². The van der Waals surface area contributed by atoms with Crippen LogP contribution in [0.15, 0.2) is 24.3 Å². The van der Waals surface area contributed by atoms with Gasteiger partial charge in [-0.1, -0.05) is 24.3 Å². The minimum absolute atomic E-state index is 0.0311. The molecule has 2 atom stereocenters. The summed E-state index contributed by atoms with van der Waals surface area (Å²) in [7, 11) is 2.07. The largest absolute Gasteiger partial charge is 0.395 e. The maximum Gasteiger partial charge on any atom is 0.0601 e. The van der Waals surface area contributed by atoms with Gasteiger partial charge in [-0.25, -0.2) is 0 Å². The summed E-state index contributed by atoms with van der Waals surface area (Å²) in [6, 6.07) is 8.32. The number of aliphatic hydroxyl groups is 1. The highest BCUT2D eigenvalue weighted by Crippen LogP contribution is 2.29. The minimum atomic E-state index is -0.198. The molecule has 1 aromatic carbocycles. The number of aliphatic hydroxyl groups excluding tert-OH is 1. The van der Waals surface area contributed by atoms with Crippen molar-refractivity contribution >= 4 is 0 Å². The Labute approximate surface area is 90.5 Å². The summed E-state index contributed by atoms with van der Waals surface area (Å²) < 4.78 is 0. The van der Waals surface area contributed by atoms with Gasteiger partial charge in [0.25, 0.3) is 0 Å². The van der Waals surface area contributed by atoms with Crippen LogP contribution in [0, 0.1) is 0 Å². The number of nitrogens with two attached hydrogens (primary N) is 1. The fourth-order valence-corrected chi connectivity index (χ4v) is 2.38. The van der Waals surface area contributed by atoms with Crippen molar-refractivity contribution in [2.75, 3.05) is 20.2 Å². The Balaban J connectivity index is 2.37. The zero-order chi connectivity index (χ0) is 10.8. The molecule has 0 fully saturated rings. The molecule has 3 N–H and O–H groups in total. The molecule has 0 saturated heterocycles. The van der Waals surface area contributed by atoms with Crippen molar-refractivity contribution in [1.82, 2.24) is 4.90 Å². The second-order valence-electron chi connectivity index (χ2n) is 4.22. The molecule has 0 spiro atoms. The summed E-state index contributed by atoms with van der Waals surface area (Å²) in [5, 5.41) is 9.18. The second-order valence-corrected chi connectivity index (χ2v) is 4.22. The summed E-state index contributed by atoms with van der Waals surface area (Å²) in [4.78, 5) is 2.23. The van der Waals surface area contributed by atoms with Gasteiger partial charge < -0.3 is 10.8 Å². The maximum atomic E-state index is 9.18. The van der Waals surface area contributed by atoms with E-state index < -0.39 is 0 Å². The van der Waals surface area contributed by atoms with E-state index in [1.54, 1.807) is 0 Å². The number of hydrogen-bond acceptors (Lipinski definition) is 3. The van der Waals surface area contributed by atoms with Crippen LogP contribution in [-0.4, -0.2) is 36.2 Å². The van der Waals surface area contributed by atoms with Crippen LogP contribution in [0.25, 0.3) is 0 Å². The van der Waals surface area contributed by atoms with E-state index >= 15 is 0 Å². The molecule has 0 aromatic heterocycles. The van der Waals surface area contributed by atoms with E-state index in [0.29, 0.717) is 0 Å². The normalized spacial score (nSPS) is 23.5. The molecule has 0 amide bonds. The summed E-state index contributed by atoms with van der Waals surface area (Å²) in [6.45, 7) is 1.04. The van der Waals surface area contributed by atoms with Crippen LogP contribution >= 0.6 is 0 Å². The topological polar surface area (TPSA) is 49.5 Å². The van der Waals surface area contributed by atoms with E-state index in [2.05, 4.69) is 30.1 Å². The average molecular weight is 206 g/mol. The third-order valence-corrected chi connectivity index (χ3v) is 3.20. The predicted molar refractivity (Wildman–Crippen MR) is 60.6 cm³/mol. The Kier molecular flexibility index (Phi) is 3.05. The van der Waals surface area contributed by atoms with Gasteiger partial charge in [-0.3, -0.25) is 4.90 Å². The van der Waals surface area contributed by atoms with E-state index in [1.807, 2.05) is 6.07 Å². The lowest BCUT2D eigenvalue weighted by atomic mass is 9.89. The highest BCUT2D eigenvalue weighted by atomic mass is 16.3. The molecular formula is C12H18N2O. The summed E-state index contributed by atoms with van der Waals surface area (Å²) in [6.07, 6.45) is 1.07. The molecule has 1 aromatic rings. The van der Waals surface area contributed by atoms with Crippen molar-refractivity contribution < 1.29 is 5.11 Å². The smallest absolute Gasteiger partial charge is 0.0601 e. The number of hydrogen-bond donors (Lipinski definition) is 2. The second kappa shape index (κ2) is 4.31. The molecule has 3 nitrogen and oxygen atoms in total. The fraction of sp³-hybridized carbons (Fsp3) is 0.500. The molecule has 2 rings (SSSR count). The first-order chi connectivity index (χ1) is 7.24. The fourth-order valence-electron chi connectivity index (χ4n) is 2.38. The number of likely N-dealkylation sites (N-methyl/N-ethyl adjacent to an activating group) is 1. The number of fused-ring (bicyclic) bond motifs is 1. The van der Waals surface area contributed by atoms with E-state index in [0.717, 1.165) is 13.0 Å². The first kappa shape index (κ1) is 10.6. The first-order valence-electron chi connectivity index (χ1n) is 5.38. The van der Waals surface area contributed by atoms with Crippen molar-refractivity contribution in [3.05, 3.63) is 35.4 Å². The highest BCUT2D eigenvalue weighted by molar-refractivity contribution is 5.33. The van der Waals surface area contributed by atoms with Gasteiger partial charge >= 0.3 is 0 Å². The van der Waals surface area contributed by atoms with Crippen LogP contribution < -0.4 is 5.73 Å². The summed E-state index contributed by atoms with van der Waals surface area (Å²) in [5.41, 5.74) is 8.60. The number of benzene rings is 1. The van der Waals surface area contributed by atoms with Gasteiger partial charge in [0.05, 0.1) is 12.6 Å². The zero-order valence-corrected chi connectivity index (χ0v) is 9.06. The zero-order valence-electron chi connectivity index (χ0n) is 9.06. The SMILES string of the molecule is CN1CCc2ccccc2C1C(N)CO. The maximum absolute atomic E-state index is 9.18. The van der Waals surface area contributed by atoms with E-state index in [9.17, 15) is 5.11 Å². The van der Waals surface area contributed by atoms with Gasteiger partial charge in [-0.05, 0) is 24.6 Å². The third-order valence-electron chi connectivity index (χ3n) is 3.20. The molecule has 0 aliphatic carbocycles. The standard InChI is InChI=1S/C12H18N2O/c1-14-7-6-9-4-2-3-5-10(9)12(14)11(13)8-15/h2-5,11-12,15H,6-8,13H2,1H3. The molecule has 0 radical (unpaired) electrons. The Morgan fingerprint density at radius 1 is 1.53 bits per heavy atom. The molecular weight excluding hydrogens is 188 g/mol. The molecule has 1 aliphatic rings. The third kappa shape index (κ3) is 1.91. The Bertz CT molecular complexity index is 340. The van der Waals surface area contributed by atoms with Gasteiger partial charge in [0.15, 0.2) is 0 Å². The van der Waals surface area contributed by atoms with Crippen LogP contribution in [0.3, 0.4) is 0 Å². The van der Waals surface area contributed by atoms with Crippen LogP contribution in [0.4, 0.5) is 0 Å². The quantitative estimate of drug-likeness (QED) is 0.742. The highest BCUT2D eigenvalue weighted by Gasteiger charge is 2.28. The molecule has 3 heteroatoms. The van der Waals surface area contributed by atoms with E-state index in [1.165, 1.54) is 11.1 Å². The number of rotatable bonds is 2. The van der Waals surface area contributed by atoms with Crippen LogP contribution in [0.5, 0.6) is 0 Å². The van der Waals surface area contributed by atoms with Crippen molar-refractivity contribution in [2.24, 2.45) is 5.73 Å². The summed E-state index contributed by atoms with van der Waals surface area (Å²) in [5.74, 6) is 0. The van der Waals surface area contributed by atoms with Crippen LogP contribution in [0.2, 0.25) is 0 Å². The Morgan fingerprint density at radius 2 is 2.27 bits per heavy atom. The van der Waals surface area contributed by atoms with Gasteiger partial charge in [0, 0.05) is 12.6 Å². The van der Waals surface area contributed by atoms with Crippen molar-refractivity contribution in [2.45, 2.75) is 18.5 Å². The monoisotopic (exact) mass is 206 g/mol. The lowest BCUT2D eigenvalue weighted by molar-refractivity contribution is 0.151. The lowest BCUT2D eigenvalue weighted by Crippen LogP contribution is -2.44. The average Bonchev–Trinajstić information content (AvgIpc) is 2.28. The molecule has 0 bridgehead atoms. The molecule has 15 heavy (non-hydrogen) atoms. The Hall–Kier alpha value is -0.900. The van der Waals surface area contributed by atoms with Gasteiger partial charge in [0.1, 0.15) is 0 Å². The predicted octanol–water partition coefficient (Wildman–Crippen LogP) is 0.535. The molecule has 0 saturated carbocycles. The van der Waals surface area contributed by atoms with E-state index in [-0.39, 0.29) is 18.7 Å². The summed E-state index contributed by atoms with van der Waals surface area (Å²) >= 11 is 0. The van der Waals surface area contributed by atoms with Gasteiger partial charge in [-0.2, -0.15) is 0 Å². The van der Waals surface area contributed by atoms with Gasteiger partial charge in [0.2, 0.25) is 0 Å². The lowest BCUT2D eigenvalue weighted by Gasteiger charge is -2.37. The first-order valence-corrected chi connectivity index (χ1v) is 5.38. The molecule has 1 aliphatic heterocycles. The van der Waals surface area contributed by atoms with Crippen molar-refractivity contribution in [1.29, 1.82) is 0 Å². The molecule has 1 heterocycles. The van der Waals surface area contributed by atoms with E-state index in [4.69, 9.17) is 5.73 Å². The minimum Gasteiger partial charge on any atom is -0.395 e. The van der Waals surface area contributed by atoms with Crippen LogP contribution in [0.1, 0.15) is 17.2 Å². The van der Waals surface area contributed by atoms with Crippen molar-refractivity contribution in [3.63, 3.8) is 0 Å². The molecule has 2 unspecified atom stereocenters. The van der Waals surface area contributed by atoms with Crippen LogP contribution in [-0.2, 0) is 6.42 Å². The number of nitrogens with zero attached hydrogens (tertiary/aromatic N) is 1. The van der Waals surface area contributed by atoms with Gasteiger partial charge in [-0.15, -0.1) is 0 Å². The Morgan fingerprint density at radius 3 is 3.00 bits per heavy atom.